The summed E-state index contributed by atoms with van der Waals surface area (Å²) >= 11 is 0. The van der Waals surface area contributed by atoms with Crippen LogP contribution in [0.4, 0.5) is 0 Å². The first-order chi connectivity index (χ1) is 8.72. The molecule has 4 nitrogen and oxygen atoms in total. The Kier molecular flexibility index (Phi) is 4.58. The molecule has 0 amide bonds. The van der Waals surface area contributed by atoms with Crippen molar-refractivity contribution in [3.05, 3.63) is 28.8 Å². The van der Waals surface area contributed by atoms with E-state index in [2.05, 4.69) is 0 Å². The molecule has 0 heterocycles. The van der Waals surface area contributed by atoms with Gasteiger partial charge in [0.1, 0.15) is 11.4 Å². The average Bonchev–Trinajstić information content (AvgIpc) is 2.30. The first-order valence-corrected chi connectivity index (χ1v) is 6.32. The van der Waals surface area contributed by atoms with Gasteiger partial charge in [0.15, 0.2) is 0 Å². The molecule has 19 heavy (non-hydrogen) atoms. The van der Waals surface area contributed by atoms with Gasteiger partial charge in [-0.2, -0.15) is 0 Å². The van der Waals surface area contributed by atoms with Gasteiger partial charge in [-0.25, -0.2) is 0 Å². The highest BCUT2D eigenvalue weighted by Gasteiger charge is 2.38. The van der Waals surface area contributed by atoms with Gasteiger partial charge < -0.3 is 14.9 Å². The van der Waals surface area contributed by atoms with E-state index in [1.165, 1.54) is 7.11 Å². The van der Waals surface area contributed by atoms with E-state index in [9.17, 15) is 9.90 Å². The monoisotopic (exact) mass is 266 g/mol. The molecule has 0 aliphatic carbocycles. The number of carboxylic acids is 1. The standard InChI is InChI=1S/C15H22O4/c1-9(2)15(18,8-14(16)17)12-6-10(3)11(4)7-13(12)19-5/h6-7,9,18H,8H2,1-5H3,(H,16,17). The first-order valence-electron chi connectivity index (χ1n) is 6.32. The molecule has 2 N–H and O–H groups in total. The van der Waals surface area contributed by atoms with E-state index in [4.69, 9.17) is 9.84 Å². The molecule has 0 bridgehead atoms. The molecular weight excluding hydrogens is 244 g/mol. The number of hydrogen-bond donors (Lipinski definition) is 2. The Balaban J connectivity index is 3.45. The Bertz CT molecular complexity index is 479. The second-order valence-electron chi connectivity index (χ2n) is 5.29. The lowest BCUT2D eigenvalue weighted by Gasteiger charge is -2.33. The van der Waals surface area contributed by atoms with Crippen LogP contribution < -0.4 is 4.74 Å². The van der Waals surface area contributed by atoms with Gasteiger partial charge in [-0.15, -0.1) is 0 Å². The number of aliphatic hydroxyl groups is 1. The fraction of sp³-hybridized carbons (Fsp3) is 0.533. The summed E-state index contributed by atoms with van der Waals surface area (Å²) in [5.41, 5.74) is 1.15. The zero-order chi connectivity index (χ0) is 14.8. The lowest BCUT2D eigenvalue weighted by atomic mass is 9.79. The van der Waals surface area contributed by atoms with E-state index in [-0.39, 0.29) is 12.3 Å². The number of ether oxygens (including phenoxy) is 1. The van der Waals surface area contributed by atoms with Gasteiger partial charge in [-0.1, -0.05) is 13.8 Å². The Morgan fingerprint density at radius 1 is 1.32 bits per heavy atom. The molecule has 0 radical (unpaired) electrons. The molecule has 1 aromatic carbocycles. The maximum Gasteiger partial charge on any atom is 0.306 e. The maximum absolute atomic E-state index is 11.0. The number of hydrogen-bond acceptors (Lipinski definition) is 3. The highest BCUT2D eigenvalue weighted by molar-refractivity contribution is 5.69. The van der Waals surface area contributed by atoms with Crippen LogP contribution in [0.15, 0.2) is 12.1 Å². The van der Waals surface area contributed by atoms with Gasteiger partial charge in [0.2, 0.25) is 0 Å². The lowest BCUT2D eigenvalue weighted by molar-refractivity contribution is -0.145. The Labute approximate surface area is 114 Å². The molecule has 1 atom stereocenters. The largest absolute Gasteiger partial charge is 0.496 e. The lowest BCUT2D eigenvalue weighted by Crippen LogP contribution is -2.35. The van der Waals surface area contributed by atoms with Crippen LogP contribution >= 0.6 is 0 Å². The third kappa shape index (κ3) is 3.07. The van der Waals surface area contributed by atoms with Crippen molar-refractivity contribution in [1.29, 1.82) is 0 Å². The molecule has 0 aliphatic rings. The molecule has 0 aromatic heterocycles. The SMILES string of the molecule is COc1cc(C)c(C)cc1C(O)(CC(=O)O)C(C)C. The number of benzene rings is 1. The van der Waals surface area contributed by atoms with Crippen molar-refractivity contribution in [2.24, 2.45) is 5.92 Å². The Hall–Kier alpha value is -1.55. The van der Waals surface area contributed by atoms with Gasteiger partial charge in [-0.05, 0) is 43.0 Å². The average molecular weight is 266 g/mol. The minimum absolute atomic E-state index is 0.236. The summed E-state index contributed by atoms with van der Waals surface area (Å²) in [6.45, 7) is 7.49. The Morgan fingerprint density at radius 3 is 2.26 bits per heavy atom. The fourth-order valence-electron chi connectivity index (χ4n) is 2.14. The van der Waals surface area contributed by atoms with Gasteiger partial charge in [0, 0.05) is 5.56 Å². The molecule has 1 rings (SSSR count). The van der Waals surface area contributed by atoms with Crippen molar-refractivity contribution in [3.63, 3.8) is 0 Å². The van der Waals surface area contributed by atoms with E-state index in [0.29, 0.717) is 11.3 Å². The zero-order valence-electron chi connectivity index (χ0n) is 12.2. The summed E-state index contributed by atoms with van der Waals surface area (Å²) in [5, 5.41) is 19.8. The number of aliphatic carboxylic acids is 1. The van der Waals surface area contributed by atoms with E-state index in [0.717, 1.165) is 11.1 Å². The first kappa shape index (κ1) is 15.5. The molecule has 4 heteroatoms. The van der Waals surface area contributed by atoms with Crippen molar-refractivity contribution in [2.45, 2.75) is 39.7 Å². The molecule has 0 aliphatic heterocycles. The van der Waals surface area contributed by atoms with Crippen molar-refractivity contribution >= 4 is 5.97 Å². The second-order valence-corrected chi connectivity index (χ2v) is 5.29. The van der Waals surface area contributed by atoms with Crippen LogP contribution in [0.1, 0.15) is 37.0 Å². The minimum Gasteiger partial charge on any atom is -0.496 e. The van der Waals surface area contributed by atoms with Crippen LogP contribution in [0.5, 0.6) is 5.75 Å². The normalized spacial score (nSPS) is 14.3. The topological polar surface area (TPSA) is 66.8 Å². The van der Waals surface area contributed by atoms with Crippen LogP contribution in [0.25, 0.3) is 0 Å². The summed E-state index contributed by atoms with van der Waals surface area (Å²) in [6, 6.07) is 3.65. The summed E-state index contributed by atoms with van der Waals surface area (Å²) < 4.78 is 5.31. The van der Waals surface area contributed by atoms with Crippen molar-refractivity contribution in [2.75, 3.05) is 7.11 Å². The second kappa shape index (κ2) is 5.61. The molecule has 0 saturated carbocycles. The van der Waals surface area contributed by atoms with E-state index < -0.39 is 11.6 Å². The van der Waals surface area contributed by atoms with E-state index >= 15 is 0 Å². The van der Waals surface area contributed by atoms with Gasteiger partial charge in [0.25, 0.3) is 0 Å². The van der Waals surface area contributed by atoms with Crippen LogP contribution in [0, 0.1) is 19.8 Å². The predicted molar refractivity (Wildman–Crippen MR) is 73.5 cm³/mol. The smallest absolute Gasteiger partial charge is 0.306 e. The minimum atomic E-state index is -1.43. The molecule has 1 aromatic rings. The van der Waals surface area contributed by atoms with Gasteiger partial charge in [-0.3, -0.25) is 4.79 Å². The molecule has 0 fully saturated rings. The summed E-state index contributed by atoms with van der Waals surface area (Å²) in [5.74, 6) is -0.739. The fourth-order valence-corrected chi connectivity index (χ4v) is 2.14. The molecule has 0 saturated heterocycles. The quantitative estimate of drug-likeness (QED) is 0.859. The third-order valence-electron chi connectivity index (χ3n) is 3.66. The zero-order valence-corrected chi connectivity index (χ0v) is 12.2. The summed E-state index contributed by atoms with van der Waals surface area (Å²) in [7, 11) is 1.52. The number of rotatable bonds is 5. The summed E-state index contributed by atoms with van der Waals surface area (Å²) in [4.78, 5) is 11.0. The van der Waals surface area contributed by atoms with Crippen molar-refractivity contribution in [1.82, 2.24) is 0 Å². The van der Waals surface area contributed by atoms with Gasteiger partial charge >= 0.3 is 5.97 Å². The van der Waals surface area contributed by atoms with Crippen LogP contribution in [0.2, 0.25) is 0 Å². The number of aryl methyl sites for hydroxylation is 2. The van der Waals surface area contributed by atoms with E-state index in [1.54, 1.807) is 13.8 Å². The van der Waals surface area contributed by atoms with Crippen molar-refractivity contribution < 1.29 is 19.7 Å². The molecule has 106 valence electrons. The number of methoxy groups -OCH3 is 1. The van der Waals surface area contributed by atoms with Crippen molar-refractivity contribution in [3.8, 4) is 5.75 Å². The highest BCUT2D eigenvalue weighted by Crippen LogP contribution is 2.39. The van der Waals surface area contributed by atoms with Gasteiger partial charge in [0.05, 0.1) is 13.5 Å². The maximum atomic E-state index is 11.0. The van der Waals surface area contributed by atoms with Crippen LogP contribution in [0.3, 0.4) is 0 Å². The molecular formula is C15H22O4. The number of carbonyl (C=O) groups is 1. The third-order valence-corrected chi connectivity index (χ3v) is 3.66. The number of carboxylic acid groups (broad SMARTS) is 1. The molecule has 1 unspecified atom stereocenters. The van der Waals surface area contributed by atoms with Crippen LogP contribution in [-0.4, -0.2) is 23.3 Å². The van der Waals surface area contributed by atoms with E-state index in [1.807, 2.05) is 26.0 Å². The van der Waals surface area contributed by atoms with Crippen LogP contribution in [-0.2, 0) is 10.4 Å². The Morgan fingerprint density at radius 2 is 1.84 bits per heavy atom. The molecule has 0 spiro atoms. The highest BCUT2D eigenvalue weighted by atomic mass is 16.5. The predicted octanol–water partition coefficient (Wildman–Crippen LogP) is 2.63. The summed E-state index contributed by atoms with van der Waals surface area (Å²) in [6.07, 6.45) is -0.344.